The minimum absolute atomic E-state index is 0.230. The Balaban J connectivity index is 0.000000241. The Morgan fingerprint density at radius 3 is 1.93 bits per heavy atom. The molecule has 1 rings (SSSR count). The fourth-order valence-electron chi connectivity index (χ4n) is 0.365. The predicted molar refractivity (Wildman–Crippen MR) is 68.3 cm³/mol. The number of thiol groups is 2. The van der Waals surface area contributed by atoms with Gasteiger partial charge in [-0.2, -0.15) is 12.6 Å². The van der Waals surface area contributed by atoms with Crippen molar-refractivity contribution >= 4 is 60.1 Å². The minimum Gasteiger partial charge on any atom is -0.231 e. The second-order valence-corrected chi connectivity index (χ2v) is 4.69. The monoisotopic (exact) mass is 290 g/mol. The molecule has 7 heteroatoms. The number of hydrogen-bond acceptors (Lipinski definition) is 4. The highest BCUT2D eigenvalue weighted by molar-refractivity contribution is 7.82. The van der Waals surface area contributed by atoms with E-state index in [2.05, 4.69) is 35.2 Å². The van der Waals surface area contributed by atoms with Crippen LogP contribution >= 0.6 is 60.1 Å². The Bertz CT molecular complexity index is 236. The summed E-state index contributed by atoms with van der Waals surface area (Å²) in [4.78, 5) is 7.46. The van der Waals surface area contributed by atoms with Crippen molar-refractivity contribution < 1.29 is 0 Å². The van der Waals surface area contributed by atoms with Gasteiger partial charge in [-0.1, -0.05) is 0 Å². The van der Waals surface area contributed by atoms with Crippen molar-refractivity contribution in [1.29, 1.82) is 0 Å². The smallest absolute Gasteiger partial charge is 0.184 e. The first-order chi connectivity index (χ1) is 6.57. The summed E-state index contributed by atoms with van der Waals surface area (Å²) in [5.74, 6) is 0.346. The van der Waals surface area contributed by atoms with Gasteiger partial charge in [-0.05, 0) is 6.07 Å². The second-order valence-electron chi connectivity index (χ2n) is 2.09. The molecule has 1 heterocycles. The van der Waals surface area contributed by atoms with Crippen LogP contribution in [0.5, 0.6) is 0 Å². The van der Waals surface area contributed by atoms with Crippen molar-refractivity contribution in [2.75, 3.05) is 5.88 Å². The van der Waals surface area contributed by atoms with Gasteiger partial charge in [0.1, 0.15) is 0 Å². The third-order valence-corrected chi connectivity index (χ3v) is 3.09. The Morgan fingerprint density at radius 2 is 1.79 bits per heavy atom. The van der Waals surface area contributed by atoms with E-state index in [1.54, 1.807) is 18.5 Å². The largest absolute Gasteiger partial charge is 0.231 e. The Morgan fingerprint density at radius 1 is 1.29 bits per heavy atom. The van der Waals surface area contributed by atoms with Gasteiger partial charge in [-0.3, -0.25) is 0 Å². The summed E-state index contributed by atoms with van der Waals surface area (Å²) in [6.07, 6.45) is 3.30. The quantitative estimate of drug-likeness (QED) is 0.497. The maximum atomic E-state index is 5.46. The molecule has 0 amide bonds. The van der Waals surface area contributed by atoms with Crippen molar-refractivity contribution in [2.24, 2.45) is 0 Å². The summed E-state index contributed by atoms with van der Waals surface area (Å²) in [6.45, 7) is 0. The van der Waals surface area contributed by atoms with E-state index in [-0.39, 0.29) is 10.1 Å². The van der Waals surface area contributed by atoms with Crippen LogP contribution in [0.15, 0.2) is 23.6 Å². The number of rotatable bonds is 2. The van der Waals surface area contributed by atoms with Gasteiger partial charge in [0.15, 0.2) is 5.16 Å². The van der Waals surface area contributed by atoms with Gasteiger partial charge in [0.05, 0.1) is 10.1 Å². The molecular weight excluding hydrogens is 283 g/mol. The summed E-state index contributed by atoms with van der Waals surface area (Å²) in [5, 5.41) is 0.286. The minimum atomic E-state index is -0.334. The van der Waals surface area contributed by atoms with Crippen LogP contribution in [0, 0.1) is 0 Å². The van der Waals surface area contributed by atoms with Crippen LogP contribution in [0.25, 0.3) is 0 Å². The molecular formula is C7H9Cl3N2S2. The van der Waals surface area contributed by atoms with Gasteiger partial charge >= 0.3 is 0 Å². The Hall–Kier alpha value is 0.650. The van der Waals surface area contributed by atoms with Gasteiger partial charge in [0, 0.05) is 18.3 Å². The zero-order chi connectivity index (χ0) is 11.0. The lowest BCUT2D eigenvalue weighted by Crippen LogP contribution is -2.09. The van der Waals surface area contributed by atoms with E-state index in [0.29, 0.717) is 11.0 Å². The first kappa shape index (κ1) is 14.6. The van der Waals surface area contributed by atoms with E-state index in [1.165, 1.54) is 0 Å². The van der Waals surface area contributed by atoms with Crippen LogP contribution in [0.1, 0.15) is 0 Å². The summed E-state index contributed by atoms with van der Waals surface area (Å²) < 4.78 is -0.334. The van der Waals surface area contributed by atoms with E-state index in [0.717, 1.165) is 0 Å². The van der Waals surface area contributed by atoms with Gasteiger partial charge < -0.3 is 0 Å². The van der Waals surface area contributed by atoms with E-state index in [4.69, 9.17) is 34.8 Å². The van der Waals surface area contributed by atoms with Crippen LogP contribution in [-0.2, 0) is 0 Å². The number of nitrogens with zero attached hydrogens (tertiary/aromatic N) is 2. The molecule has 0 aliphatic rings. The van der Waals surface area contributed by atoms with E-state index < -0.39 is 0 Å². The van der Waals surface area contributed by atoms with E-state index >= 15 is 0 Å². The second kappa shape index (κ2) is 8.92. The molecule has 0 N–H and O–H groups in total. The van der Waals surface area contributed by atoms with Crippen LogP contribution in [-0.4, -0.2) is 25.9 Å². The third-order valence-electron chi connectivity index (χ3n) is 0.998. The summed E-state index contributed by atoms with van der Waals surface area (Å²) in [6, 6.07) is 1.75. The van der Waals surface area contributed by atoms with Crippen molar-refractivity contribution in [3.8, 4) is 0 Å². The van der Waals surface area contributed by atoms with E-state index in [1.807, 2.05) is 0 Å². The predicted octanol–water partition coefficient (Wildman–Crippen LogP) is 3.09. The van der Waals surface area contributed by atoms with Gasteiger partial charge in [0.2, 0.25) is 0 Å². The third kappa shape index (κ3) is 8.00. The number of alkyl halides is 3. The van der Waals surface area contributed by atoms with Crippen LogP contribution < -0.4 is 0 Å². The first-order valence-electron chi connectivity index (χ1n) is 3.56. The Labute approximate surface area is 109 Å². The molecule has 1 aromatic rings. The molecule has 0 saturated heterocycles. The highest BCUT2D eigenvalue weighted by Crippen LogP contribution is 2.13. The standard InChI is InChI=1S/C4H4N2S.C3H5Cl3S/c7-4-5-2-1-3-6-4;4-1-2(5)3(6)7/h1-3H,(H,5,6,7);2-3,7H,1H2. The number of hydrogen-bond donors (Lipinski definition) is 2. The summed E-state index contributed by atoms with van der Waals surface area (Å²) in [7, 11) is 0. The number of aromatic nitrogens is 2. The van der Waals surface area contributed by atoms with Crippen molar-refractivity contribution in [3.05, 3.63) is 18.5 Å². The molecule has 2 nitrogen and oxygen atoms in total. The lowest BCUT2D eigenvalue weighted by atomic mass is 10.5. The fourth-order valence-corrected chi connectivity index (χ4v) is 1.09. The summed E-state index contributed by atoms with van der Waals surface area (Å²) in [5.41, 5.74) is 0. The van der Waals surface area contributed by atoms with Crippen molar-refractivity contribution in [2.45, 2.75) is 15.2 Å². The molecule has 0 aliphatic heterocycles. The van der Waals surface area contributed by atoms with Crippen LogP contribution in [0.3, 0.4) is 0 Å². The maximum absolute atomic E-state index is 5.46. The highest BCUT2D eigenvalue weighted by Gasteiger charge is 2.08. The maximum Gasteiger partial charge on any atom is 0.184 e. The zero-order valence-corrected chi connectivity index (χ0v) is 11.1. The molecule has 0 spiro atoms. The lowest BCUT2D eigenvalue weighted by Gasteiger charge is -2.03. The van der Waals surface area contributed by atoms with Crippen molar-refractivity contribution in [1.82, 2.24) is 9.97 Å². The van der Waals surface area contributed by atoms with Crippen LogP contribution in [0.4, 0.5) is 0 Å². The lowest BCUT2D eigenvalue weighted by molar-refractivity contribution is 0.975. The van der Waals surface area contributed by atoms with Crippen molar-refractivity contribution in [3.63, 3.8) is 0 Å². The molecule has 1 aromatic heterocycles. The topological polar surface area (TPSA) is 25.8 Å². The molecule has 2 atom stereocenters. The highest BCUT2D eigenvalue weighted by atomic mass is 35.5. The fraction of sp³-hybridized carbons (Fsp3) is 0.429. The molecule has 0 aromatic carbocycles. The first-order valence-corrected chi connectivity index (χ1v) is 5.93. The number of halogens is 3. The average Bonchev–Trinajstić information content (AvgIpc) is 2.18. The SMILES string of the molecule is SC(Cl)C(Cl)CCl.Sc1ncccn1. The normalized spacial score (nSPS) is 13.8. The zero-order valence-electron chi connectivity index (χ0n) is 7.02. The molecule has 2 unspecified atom stereocenters. The molecule has 14 heavy (non-hydrogen) atoms. The van der Waals surface area contributed by atoms with Crippen LogP contribution in [0.2, 0.25) is 0 Å². The molecule has 0 aliphatic carbocycles. The molecule has 80 valence electrons. The summed E-state index contributed by atoms with van der Waals surface area (Å²) >= 11 is 23.8. The Kier molecular flexibility index (Phi) is 9.33. The van der Waals surface area contributed by atoms with Gasteiger partial charge in [-0.25, -0.2) is 9.97 Å². The van der Waals surface area contributed by atoms with Gasteiger partial charge in [-0.15, -0.1) is 47.4 Å². The average molecular weight is 292 g/mol. The van der Waals surface area contributed by atoms with Gasteiger partial charge in [0.25, 0.3) is 0 Å². The molecule has 0 bridgehead atoms. The molecule has 0 radical (unpaired) electrons. The molecule has 0 fully saturated rings. The van der Waals surface area contributed by atoms with E-state index in [9.17, 15) is 0 Å². The molecule has 0 saturated carbocycles.